The first-order valence-electron chi connectivity index (χ1n) is 7.18. The Morgan fingerprint density at radius 1 is 1.29 bits per heavy atom. The molecule has 3 rings (SSSR count). The molecule has 2 aliphatic rings. The number of carboxylic acids is 1. The van der Waals surface area contributed by atoms with E-state index in [0.717, 1.165) is 17.7 Å². The van der Waals surface area contributed by atoms with Crippen molar-refractivity contribution in [1.29, 1.82) is 0 Å². The van der Waals surface area contributed by atoms with E-state index in [2.05, 4.69) is 0 Å². The van der Waals surface area contributed by atoms with Gasteiger partial charge in [-0.2, -0.15) is 0 Å². The van der Waals surface area contributed by atoms with Crippen molar-refractivity contribution in [3.8, 4) is 0 Å². The Hall–Kier alpha value is -2.14. The van der Waals surface area contributed by atoms with Crippen molar-refractivity contribution in [3.05, 3.63) is 41.5 Å². The molecule has 5 nitrogen and oxygen atoms in total. The van der Waals surface area contributed by atoms with Crippen LogP contribution in [0.2, 0.25) is 0 Å². The monoisotopic (exact) mass is 286 g/mol. The van der Waals surface area contributed by atoms with Gasteiger partial charge in [-0.05, 0) is 37.0 Å². The zero-order valence-corrected chi connectivity index (χ0v) is 11.7. The minimum absolute atomic E-state index is 0.0164. The van der Waals surface area contributed by atoms with Crippen molar-refractivity contribution in [3.63, 3.8) is 0 Å². The van der Waals surface area contributed by atoms with Crippen LogP contribution in [0.3, 0.4) is 0 Å². The lowest BCUT2D eigenvalue weighted by Gasteiger charge is -2.32. The normalized spacial score (nSPS) is 24.0. The lowest BCUT2D eigenvalue weighted by atomic mass is 9.94. The molecule has 0 aromatic heterocycles. The molecule has 1 amide bonds. The summed E-state index contributed by atoms with van der Waals surface area (Å²) in [4.78, 5) is 25.7. The van der Waals surface area contributed by atoms with Crippen LogP contribution in [0, 0.1) is 5.92 Å². The number of hydrogen-bond donors (Lipinski definition) is 2. The molecule has 1 aliphatic heterocycles. The number of rotatable bonds is 2. The summed E-state index contributed by atoms with van der Waals surface area (Å²) in [5.41, 5.74) is 7.61. The highest BCUT2D eigenvalue weighted by molar-refractivity contribution is 6.00. The third-order valence-electron chi connectivity index (χ3n) is 4.18. The molecule has 0 spiro atoms. The molecule has 1 aromatic rings. The fraction of sp³-hybridized carbons (Fsp3) is 0.375. The van der Waals surface area contributed by atoms with E-state index in [1.54, 1.807) is 17.0 Å². The summed E-state index contributed by atoms with van der Waals surface area (Å²) in [5.74, 6) is -1.12. The first kappa shape index (κ1) is 13.8. The first-order chi connectivity index (χ1) is 10.1. The molecule has 5 heteroatoms. The Balaban J connectivity index is 1.94. The number of carboxylic acid groups (broad SMARTS) is 1. The van der Waals surface area contributed by atoms with E-state index in [9.17, 15) is 14.7 Å². The Morgan fingerprint density at radius 3 is 2.76 bits per heavy atom. The van der Waals surface area contributed by atoms with E-state index in [-0.39, 0.29) is 17.9 Å². The van der Waals surface area contributed by atoms with Crippen molar-refractivity contribution in [1.82, 2.24) is 0 Å². The molecule has 0 fully saturated rings. The van der Waals surface area contributed by atoms with E-state index in [1.165, 1.54) is 0 Å². The molecule has 3 N–H and O–H groups in total. The summed E-state index contributed by atoms with van der Waals surface area (Å²) in [6.45, 7) is 0.633. The maximum absolute atomic E-state index is 12.7. The number of nitrogens with two attached hydrogens (primary N) is 1. The minimum Gasteiger partial charge on any atom is -0.478 e. The molecule has 0 saturated carbocycles. The van der Waals surface area contributed by atoms with E-state index < -0.39 is 5.97 Å². The standard InChI is InChI=1S/C16H18N2O3/c17-11-7-6-10(9-11)15(19)18-8-2-4-12-13(16(20)21)3-1-5-14(12)18/h1,3,5-7,10-11H,2,4,8-9,17H2,(H,20,21). The Bertz CT molecular complexity index is 624. The minimum atomic E-state index is -0.941. The third kappa shape index (κ3) is 2.45. The van der Waals surface area contributed by atoms with Crippen molar-refractivity contribution in [2.24, 2.45) is 11.7 Å². The summed E-state index contributed by atoms with van der Waals surface area (Å²) in [7, 11) is 0. The van der Waals surface area contributed by atoms with Crippen LogP contribution in [0.4, 0.5) is 5.69 Å². The molecule has 1 aliphatic carbocycles. The molecule has 0 bridgehead atoms. The quantitative estimate of drug-likeness (QED) is 0.808. The van der Waals surface area contributed by atoms with Crippen LogP contribution in [0.25, 0.3) is 0 Å². The van der Waals surface area contributed by atoms with Crippen molar-refractivity contribution < 1.29 is 14.7 Å². The average molecular weight is 286 g/mol. The second kappa shape index (κ2) is 5.33. The van der Waals surface area contributed by atoms with Gasteiger partial charge in [-0.1, -0.05) is 18.2 Å². The van der Waals surface area contributed by atoms with Gasteiger partial charge >= 0.3 is 5.97 Å². The molecule has 110 valence electrons. The zero-order chi connectivity index (χ0) is 15.0. The number of benzene rings is 1. The zero-order valence-electron chi connectivity index (χ0n) is 11.7. The summed E-state index contributed by atoms with van der Waals surface area (Å²) >= 11 is 0. The highest BCUT2D eigenvalue weighted by Gasteiger charge is 2.31. The first-order valence-corrected chi connectivity index (χ1v) is 7.18. The third-order valence-corrected chi connectivity index (χ3v) is 4.18. The SMILES string of the molecule is NC1C=CC(C(=O)N2CCCc3c(C(=O)O)cccc32)C1. The average Bonchev–Trinajstić information content (AvgIpc) is 2.91. The molecule has 21 heavy (non-hydrogen) atoms. The topological polar surface area (TPSA) is 83.6 Å². The number of aromatic carboxylic acids is 1. The predicted octanol–water partition coefficient (Wildman–Crippen LogP) is 1.57. The summed E-state index contributed by atoms with van der Waals surface area (Å²) < 4.78 is 0. The van der Waals surface area contributed by atoms with Gasteiger partial charge in [-0.15, -0.1) is 0 Å². The van der Waals surface area contributed by atoms with Crippen LogP contribution in [-0.2, 0) is 11.2 Å². The molecule has 1 aromatic carbocycles. The van der Waals surface area contributed by atoms with Crippen LogP contribution in [0.5, 0.6) is 0 Å². The van der Waals surface area contributed by atoms with Crippen LogP contribution >= 0.6 is 0 Å². The van der Waals surface area contributed by atoms with Gasteiger partial charge in [0.2, 0.25) is 5.91 Å². The van der Waals surface area contributed by atoms with Gasteiger partial charge in [0.15, 0.2) is 0 Å². The van der Waals surface area contributed by atoms with Gasteiger partial charge in [0.05, 0.1) is 11.5 Å². The lowest BCUT2D eigenvalue weighted by Crippen LogP contribution is -2.39. The molecular formula is C16H18N2O3. The molecule has 0 saturated heterocycles. The highest BCUT2D eigenvalue weighted by Crippen LogP contribution is 2.32. The number of hydrogen-bond acceptors (Lipinski definition) is 3. The fourth-order valence-corrected chi connectivity index (χ4v) is 3.16. The second-order valence-corrected chi connectivity index (χ2v) is 5.59. The van der Waals surface area contributed by atoms with Gasteiger partial charge in [0.25, 0.3) is 0 Å². The highest BCUT2D eigenvalue weighted by atomic mass is 16.4. The van der Waals surface area contributed by atoms with E-state index in [4.69, 9.17) is 5.73 Å². The molecule has 0 radical (unpaired) electrons. The Kier molecular flexibility index (Phi) is 3.51. The van der Waals surface area contributed by atoms with Gasteiger partial charge in [0, 0.05) is 18.3 Å². The van der Waals surface area contributed by atoms with Gasteiger partial charge in [-0.25, -0.2) is 4.79 Å². The van der Waals surface area contributed by atoms with Crippen LogP contribution in [0.1, 0.15) is 28.8 Å². The maximum Gasteiger partial charge on any atom is 0.336 e. The van der Waals surface area contributed by atoms with Gasteiger partial charge in [0.1, 0.15) is 0 Å². The van der Waals surface area contributed by atoms with Crippen LogP contribution in [-0.4, -0.2) is 29.6 Å². The van der Waals surface area contributed by atoms with Crippen LogP contribution in [0.15, 0.2) is 30.4 Å². The number of anilines is 1. The van der Waals surface area contributed by atoms with Crippen molar-refractivity contribution in [2.45, 2.75) is 25.3 Å². The summed E-state index contributed by atoms with van der Waals surface area (Å²) in [6.07, 6.45) is 5.83. The molecular weight excluding hydrogens is 268 g/mol. The number of fused-ring (bicyclic) bond motifs is 1. The number of carbonyl (C=O) groups is 2. The van der Waals surface area contributed by atoms with E-state index >= 15 is 0 Å². The lowest BCUT2D eigenvalue weighted by molar-refractivity contribution is -0.121. The van der Waals surface area contributed by atoms with Crippen LogP contribution < -0.4 is 10.6 Å². The fourth-order valence-electron chi connectivity index (χ4n) is 3.16. The molecule has 2 atom stereocenters. The Morgan fingerprint density at radius 2 is 2.10 bits per heavy atom. The molecule has 2 unspecified atom stereocenters. The predicted molar refractivity (Wildman–Crippen MR) is 79.3 cm³/mol. The van der Waals surface area contributed by atoms with Crippen molar-refractivity contribution in [2.75, 3.05) is 11.4 Å². The van der Waals surface area contributed by atoms with Gasteiger partial charge < -0.3 is 15.7 Å². The maximum atomic E-state index is 12.7. The Labute approximate surface area is 123 Å². The summed E-state index contributed by atoms with van der Waals surface area (Å²) in [5, 5.41) is 9.28. The number of amides is 1. The number of nitrogens with zero attached hydrogens (tertiary/aromatic N) is 1. The number of carbonyl (C=O) groups excluding carboxylic acids is 1. The summed E-state index contributed by atoms with van der Waals surface area (Å²) in [6, 6.07) is 5.07. The molecule has 1 heterocycles. The van der Waals surface area contributed by atoms with Gasteiger partial charge in [-0.3, -0.25) is 4.79 Å². The van der Waals surface area contributed by atoms with E-state index in [0.29, 0.717) is 24.9 Å². The smallest absolute Gasteiger partial charge is 0.336 e. The second-order valence-electron chi connectivity index (χ2n) is 5.59. The van der Waals surface area contributed by atoms with E-state index in [1.807, 2.05) is 18.2 Å². The largest absolute Gasteiger partial charge is 0.478 e. The van der Waals surface area contributed by atoms with Crippen molar-refractivity contribution >= 4 is 17.6 Å².